The first-order valence-corrected chi connectivity index (χ1v) is 43.8. The predicted octanol–water partition coefficient (Wildman–Crippen LogP) is 22.7. The Morgan fingerprint density at radius 1 is 0.517 bits per heavy atom. The Bertz CT molecular complexity index is 6140. The lowest BCUT2D eigenvalue weighted by Crippen LogP contribution is -2.27. The molecular weight excluding hydrogens is 1790 g/mol. The summed E-state index contributed by atoms with van der Waals surface area (Å²) in [5.74, 6) is 3.71. The smallest absolute Gasteiger partial charge is 0.373 e. The van der Waals surface area contributed by atoms with Crippen molar-refractivity contribution in [3.63, 3.8) is 0 Å². The quantitative estimate of drug-likeness (QED) is 0.0710. The first-order chi connectivity index (χ1) is 57.8. The van der Waals surface area contributed by atoms with E-state index in [1.165, 1.54) is 34.7 Å². The molecule has 9 aliphatic rings. The number of aryl methyl sites for hydroxylation is 4. The van der Waals surface area contributed by atoms with Crippen LogP contribution in [-0.2, 0) is 64.8 Å². The Labute approximate surface area is 735 Å². The topological polar surface area (TPSA) is 312 Å². The van der Waals surface area contributed by atoms with E-state index in [1.807, 2.05) is 61.5 Å². The molecule has 0 saturated heterocycles. The minimum atomic E-state index is -1.11. The van der Waals surface area contributed by atoms with Gasteiger partial charge in [0.05, 0.1) is 87.2 Å². The number of nitrogens with one attached hydrogen (secondary N) is 1. The van der Waals surface area contributed by atoms with E-state index in [1.54, 1.807) is 89.6 Å². The van der Waals surface area contributed by atoms with Gasteiger partial charge in [0.1, 0.15) is 71.4 Å². The number of aromatic nitrogens is 6. The number of benzene rings is 6. The number of ether oxygens (including phenoxy) is 4. The minimum absolute atomic E-state index is 0.0318. The zero-order chi connectivity index (χ0) is 84.1. The van der Waals surface area contributed by atoms with Gasteiger partial charge >= 0.3 is 18.1 Å². The number of carboxylic acids is 1. The van der Waals surface area contributed by atoms with Gasteiger partial charge in [-0.15, -0.1) is 34.0 Å². The summed E-state index contributed by atoms with van der Waals surface area (Å²) in [6.45, 7) is 8.27. The first kappa shape index (κ1) is 82.5. The highest BCUT2D eigenvalue weighted by atomic mass is 79.9. The van der Waals surface area contributed by atoms with Crippen LogP contribution < -0.4 is 29.3 Å². The summed E-state index contributed by atoms with van der Waals surface area (Å²) in [7, 11) is 1.32. The fraction of sp³-hybridized carbons (Fsp3) is 0.302. The van der Waals surface area contributed by atoms with Gasteiger partial charge in [0.15, 0.2) is 25.6 Å². The Balaban J connectivity index is 0.000000121. The number of rotatable bonds is 19. The van der Waals surface area contributed by atoms with E-state index >= 15 is 0 Å². The van der Waals surface area contributed by atoms with Crippen molar-refractivity contribution < 1.29 is 71.2 Å². The molecule has 0 bridgehead atoms. The third kappa shape index (κ3) is 15.5. The van der Waals surface area contributed by atoms with E-state index in [2.05, 4.69) is 58.6 Å². The second-order valence-electron chi connectivity index (χ2n) is 30.4. The van der Waals surface area contributed by atoms with Crippen molar-refractivity contribution in [1.82, 2.24) is 30.4 Å². The number of fused-ring (bicyclic) bond motifs is 6. The van der Waals surface area contributed by atoms with Gasteiger partial charge in [-0.1, -0.05) is 103 Å². The van der Waals surface area contributed by atoms with Crippen LogP contribution in [0.4, 0.5) is 27.3 Å². The van der Waals surface area contributed by atoms with E-state index < -0.39 is 22.8 Å². The third-order valence-electron chi connectivity index (χ3n) is 22.7. The van der Waals surface area contributed by atoms with Crippen LogP contribution in [0.2, 0.25) is 30.1 Å². The average molecular weight is 1860 g/mol. The highest BCUT2D eigenvalue weighted by molar-refractivity contribution is 9.11. The van der Waals surface area contributed by atoms with Crippen molar-refractivity contribution in [2.75, 3.05) is 22.2 Å². The molecule has 120 heavy (non-hydrogen) atoms. The molecule has 9 heterocycles. The monoisotopic (exact) mass is 1850 g/mol. The lowest BCUT2D eigenvalue weighted by atomic mass is 9.98. The Kier molecular flexibility index (Phi) is 22.6. The molecule has 24 nitrogen and oxygen atoms in total. The number of hydrogen-bond donors (Lipinski definition) is 2. The number of anilines is 5. The van der Waals surface area contributed by atoms with Crippen molar-refractivity contribution in [3.05, 3.63) is 226 Å². The standard InChI is InChI=1S/C29H23Cl2N3O5S.C28H21Cl2N3O5S.C23H18Cl2N2O3.C5H6BrNS.CO2/c1-14-23(26(35)37-2)32-28(40-14)34-21-9-8-16(12-18(21)29(10-11-29)27(34)36)38-13-17-24(33-39-25(17)15-6-7-15)22-19(30)4-3-5-20(22)31;1-13-22(25(34)35)31-27(39-13)33-20-8-7-15(11-17(20)28(9-10-28)26(33)36)37-12-16-23(32-38-24(16)14-5-6-14)21-18(29)3-2-4-19(21)30;24-16-2-1-3-17(25)19(16)20-14(21(30-27-20)12-4-5-12)11-29-13-6-7-18-15(10-13)23(8-9-23)22(28)26-18;1-3-4(2)8-5(6)7-3;2-1-3/h3-5,8-9,12,15H,6-7,10-11,13H2,1-2H3;2-4,7-8,11,14H,5-6,9-10,12H2,1H3,(H,34,35);1-3,6-7,10,12H,4-5,8-9,11H2,(H,26,28);1-2H3;. The lowest BCUT2D eigenvalue weighted by molar-refractivity contribution is -0.191. The highest BCUT2D eigenvalue weighted by Crippen LogP contribution is 2.63. The number of hydrogen-bond acceptors (Lipinski definition) is 23. The molecule has 6 aliphatic carbocycles. The molecule has 12 aromatic rings. The molecule has 21 rings (SSSR count). The fourth-order valence-corrected chi connectivity index (χ4v) is 20.6. The van der Waals surface area contributed by atoms with Crippen LogP contribution in [0.15, 0.2) is 127 Å². The number of esters is 1. The maximum absolute atomic E-state index is 13.6. The summed E-state index contributed by atoms with van der Waals surface area (Å²) >= 11 is 46.3. The lowest BCUT2D eigenvalue weighted by Gasteiger charge is -2.14. The van der Waals surface area contributed by atoms with E-state index in [4.69, 9.17) is 112 Å². The number of aromatic carboxylic acids is 1. The van der Waals surface area contributed by atoms with E-state index in [-0.39, 0.29) is 53.9 Å². The van der Waals surface area contributed by atoms with Gasteiger partial charge in [-0.2, -0.15) is 9.59 Å². The second kappa shape index (κ2) is 32.9. The van der Waals surface area contributed by atoms with Crippen LogP contribution in [0.1, 0.15) is 187 Å². The molecule has 0 unspecified atom stereocenters. The molecule has 6 saturated carbocycles. The largest absolute Gasteiger partial charge is 0.489 e. The summed E-state index contributed by atoms with van der Waals surface area (Å²) in [4.78, 5) is 98.0. The zero-order valence-corrected chi connectivity index (χ0v) is 72.9. The van der Waals surface area contributed by atoms with Gasteiger partial charge in [-0.05, 0) is 228 Å². The summed E-state index contributed by atoms with van der Waals surface area (Å²) in [5.41, 5.74) is 11.1. The van der Waals surface area contributed by atoms with E-state index in [0.717, 1.165) is 154 Å². The molecule has 3 amide bonds. The molecule has 3 aliphatic heterocycles. The normalized spacial score (nSPS) is 16.5. The molecule has 0 radical (unpaired) electrons. The van der Waals surface area contributed by atoms with Gasteiger partial charge in [-0.3, -0.25) is 24.2 Å². The fourth-order valence-electron chi connectivity index (χ4n) is 15.4. The van der Waals surface area contributed by atoms with Gasteiger partial charge < -0.3 is 42.9 Å². The molecule has 6 aromatic carbocycles. The van der Waals surface area contributed by atoms with Crippen LogP contribution in [0.3, 0.4) is 0 Å². The average Bonchev–Trinajstić information content (AvgIpc) is 1.56. The molecule has 6 fully saturated rings. The minimum Gasteiger partial charge on any atom is -0.489 e. The Morgan fingerprint density at radius 3 is 1.19 bits per heavy atom. The first-order valence-electron chi connectivity index (χ1n) is 38.2. The maximum Gasteiger partial charge on any atom is 0.373 e. The van der Waals surface area contributed by atoms with Gasteiger partial charge in [-0.25, -0.2) is 24.5 Å². The molecular formula is C86H68BrCl6N9O15S3. The van der Waals surface area contributed by atoms with Crippen molar-refractivity contribution in [3.8, 4) is 51.0 Å². The van der Waals surface area contributed by atoms with Crippen molar-refractivity contribution >= 4 is 183 Å². The zero-order valence-electron chi connectivity index (χ0n) is 64.3. The SMILES string of the molecule is COC(=O)c1nc(N2C(=O)C3(CC3)c3cc(OCc4c(-c5c(Cl)cccc5Cl)noc4C4CC4)ccc32)sc1C.Cc1nc(Br)sc1C.Cc1sc(N2C(=O)C3(CC3)c3cc(OCc4c(-c5c(Cl)cccc5Cl)noc4C4CC4)ccc32)nc1C(=O)O.O=C1Nc2ccc(OCc3c(-c4c(Cl)cccc4Cl)noc3C3CC3)cc2C12CC2.O=C=O. The highest BCUT2D eigenvalue weighted by Gasteiger charge is 2.62. The maximum atomic E-state index is 13.6. The van der Waals surface area contributed by atoms with Gasteiger partial charge in [0.2, 0.25) is 17.7 Å². The van der Waals surface area contributed by atoms with Crippen LogP contribution in [-0.4, -0.2) is 78.4 Å². The van der Waals surface area contributed by atoms with Crippen LogP contribution >= 0.6 is 120 Å². The summed E-state index contributed by atoms with van der Waals surface area (Å²) in [6.07, 6.45) is 11.2. The number of carbonyl (C=O) groups excluding carboxylic acids is 6. The third-order valence-corrected chi connectivity index (χ3v) is 28.0. The molecule has 614 valence electrons. The number of amides is 3. The number of nitrogens with zero attached hydrogens (tertiary/aromatic N) is 8. The van der Waals surface area contributed by atoms with Crippen LogP contribution in [0, 0.1) is 27.7 Å². The molecule has 3 spiro atoms. The Hall–Kier alpha value is -9.81. The van der Waals surface area contributed by atoms with Crippen molar-refractivity contribution in [1.29, 1.82) is 0 Å². The molecule has 2 N–H and O–H groups in total. The van der Waals surface area contributed by atoms with Gasteiger partial charge in [0, 0.05) is 54.8 Å². The van der Waals surface area contributed by atoms with E-state index in [0.29, 0.717) is 125 Å². The van der Waals surface area contributed by atoms with Gasteiger partial charge in [0.25, 0.3) is 0 Å². The molecule has 0 atom stereocenters. The molecule has 6 aromatic heterocycles. The summed E-state index contributed by atoms with van der Waals surface area (Å²) < 4.78 is 41.8. The summed E-state index contributed by atoms with van der Waals surface area (Å²) in [6, 6.07) is 33.0. The molecule has 34 heteroatoms. The Morgan fingerprint density at radius 2 is 0.875 bits per heavy atom. The second-order valence-corrected chi connectivity index (χ2v) is 37.7. The predicted molar refractivity (Wildman–Crippen MR) is 456 cm³/mol. The van der Waals surface area contributed by atoms with Crippen LogP contribution in [0.5, 0.6) is 17.2 Å². The number of methoxy groups -OCH3 is 1. The number of carbonyl (C=O) groups is 5. The number of halogens is 7. The summed E-state index contributed by atoms with van der Waals surface area (Å²) in [5, 5.41) is 29.2. The van der Waals surface area contributed by atoms with Crippen LogP contribution in [0.25, 0.3) is 33.8 Å². The number of carboxylic acid groups (broad SMARTS) is 1. The van der Waals surface area contributed by atoms with E-state index in [9.17, 15) is 29.1 Å². The number of thiazole rings is 3. The van der Waals surface area contributed by atoms with Crippen molar-refractivity contribution in [2.45, 2.75) is 159 Å². The van der Waals surface area contributed by atoms with Crippen molar-refractivity contribution in [2.24, 2.45) is 0 Å².